The summed E-state index contributed by atoms with van der Waals surface area (Å²) >= 11 is 4.88. The van der Waals surface area contributed by atoms with Gasteiger partial charge >= 0.3 is 0 Å². The molecule has 1 saturated heterocycles. The van der Waals surface area contributed by atoms with E-state index in [1.807, 2.05) is 0 Å². The lowest BCUT2D eigenvalue weighted by Crippen LogP contribution is -2.21. The van der Waals surface area contributed by atoms with Gasteiger partial charge in [0, 0.05) is 11.6 Å². The molecule has 2 rings (SSSR count). The third-order valence-corrected chi connectivity index (χ3v) is 2.96. The Kier molecular flexibility index (Phi) is 4.09. The highest BCUT2D eigenvalue weighted by Gasteiger charge is 2.21. The van der Waals surface area contributed by atoms with Crippen LogP contribution < -0.4 is 24.8 Å². The fourth-order valence-electron chi connectivity index (χ4n) is 1.80. The Morgan fingerprint density at radius 1 is 1.00 bits per heavy atom. The molecule has 0 radical (unpaired) electrons. The van der Waals surface area contributed by atoms with Crippen LogP contribution in [0, 0.1) is 0 Å². The Bertz CT molecular complexity index is 598. The van der Waals surface area contributed by atoms with Gasteiger partial charge in [0.2, 0.25) is 0 Å². The van der Waals surface area contributed by atoms with Crippen LogP contribution in [0.2, 0.25) is 0 Å². The maximum absolute atomic E-state index is 11.6. The van der Waals surface area contributed by atoms with Crippen molar-refractivity contribution in [2.75, 3.05) is 21.3 Å². The van der Waals surface area contributed by atoms with E-state index in [1.165, 1.54) is 14.2 Å². The summed E-state index contributed by atoms with van der Waals surface area (Å²) in [4.78, 5) is 11.6. The van der Waals surface area contributed by atoms with E-state index in [-0.39, 0.29) is 11.0 Å². The van der Waals surface area contributed by atoms with Crippen molar-refractivity contribution in [2.24, 2.45) is 0 Å². The van der Waals surface area contributed by atoms with E-state index in [0.717, 1.165) is 0 Å². The van der Waals surface area contributed by atoms with Crippen LogP contribution in [0.1, 0.15) is 5.56 Å². The van der Waals surface area contributed by atoms with Gasteiger partial charge in [-0.25, -0.2) is 0 Å². The fraction of sp³-hybridized carbons (Fsp3) is 0.231. The summed E-state index contributed by atoms with van der Waals surface area (Å²) in [5.74, 6) is 1.36. The molecule has 0 aromatic heterocycles. The maximum Gasteiger partial charge on any atom is 0.273 e. The topological polar surface area (TPSA) is 68.8 Å². The van der Waals surface area contributed by atoms with Crippen molar-refractivity contribution in [1.82, 2.24) is 10.6 Å². The van der Waals surface area contributed by atoms with Gasteiger partial charge in [0.15, 0.2) is 16.6 Å². The molecule has 2 N–H and O–H groups in total. The number of carbonyl (C=O) groups is 1. The van der Waals surface area contributed by atoms with Gasteiger partial charge in [-0.3, -0.25) is 10.1 Å². The van der Waals surface area contributed by atoms with Crippen molar-refractivity contribution in [3.8, 4) is 17.2 Å². The molecule has 0 unspecified atom stereocenters. The number of methoxy groups -OCH3 is 3. The third-order valence-electron chi connectivity index (χ3n) is 2.76. The van der Waals surface area contributed by atoms with Crippen molar-refractivity contribution < 1.29 is 19.0 Å². The van der Waals surface area contributed by atoms with Crippen LogP contribution in [0.25, 0.3) is 6.08 Å². The zero-order chi connectivity index (χ0) is 14.7. The van der Waals surface area contributed by atoms with Gasteiger partial charge in [0.25, 0.3) is 5.91 Å². The summed E-state index contributed by atoms with van der Waals surface area (Å²) in [5.41, 5.74) is 1.02. The average Bonchev–Trinajstić information content (AvgIpc) is 2.76. The average molecular weight is 294 g/mol. The molecule has 1 aliphatic heterocycles. The van der Waals surface area contributed by atoms with E-state index in [4.69, 9.17) is 26.4 Å². The molecular weight excluding hydrogens is 280 g/mol. The van der Waals surface area contributed by atoms with E-state index in [1.54, 1.807) is 25.3 Å². The largest absolute Gasteiger partial charge is 0.496 e. The Morgan fingerprint density at radius 3 is 2.10 bits per heavy atom. The third kappa shape index (κ3) is 2.67. The first-order chi connectivity index (χ1) is 9.58. The highest BCUT2D eigenvalue weighted by atomic mass is 32.1. The summed E-state index contributed by atoms with van der Waals surface area (Å²) in [6.45, 7) is 0. The van der Waals surface area contributed by atoms with Gasteiger partial charge < -0.3 is 19.5 Å². The molecule has 0 atom stereocenters. The molecule has 7 heteroatoms. The van der Waals surface area contributed by atoms with Crippen LogP contribution in [0.15, 0.2) is 17.8 Å². The zero-order valence-electron chi connectivity index (χ0n) is 11.3. The minimum atomic E-state index is -0.285. The minimum Gasteiger partial charge on any atom is -0.496 e. The van der Waals surface area contributed by atoms with Gasteiger partial charge in [-0.1, -0.05) is 0 Å². The van der Waals surface area contributed by atoms with Crippen LogP contribution in [-0.2, 0) is 4.79 Å². The predicted octanol–water partition coefficient (Wildman–Crippen LogP) is 1.06. The second kappa shape index (κ2) is 5.79. The molecule has 1 heterocycles. The standard InChI is InChI=1S/C13H14N2O4S/c1-17-9-6-11(19-3)10(18-2)5-7(9)4-8-12(16)15-13(20)14-8/h4-6H,1-3H3,(H2,14,15,16,20)/b8-4-. The molecule has 1 aromatic rings. The molecule has 1 fully saturated rings. The number of hydrogen-bond donors (Lipinski definition) is 2. The van der Waals surface area contributed by atoms with Crippen LogP contribution in [0.3, 0.4) is 0 Å². The first kappa shape index (κ1) is 14.1. The van der Waals surface area contributed by atoms with E-state index in [0.29, 0.717) is 28.5 Å². The van der Waals surface area contributed by atoms with Crippen molar-refractivity contribution in [2.45, 2.75) is 0 Å². The number of ether oxygens (including phenoxy) is 3. The Hall–Kier alpha value is -2.28. The van der Waals surface area contributed by atoms with E-state index < -0.39 is 0 Å². The summed E-state index contributed by atoms with van der Waals surface area (Å²) < 4.78 is 15.7. The SMILES string of the molecule is COc1cc(OC)c(OC)cc1/C=C1\NC(=S)NC1=O. The normalized spacial score (nSPS) is 15.8. The zero-order valence-corrected chi connectivity index (χ0v) is 12.1. The quantitative estimate of drug-likeness (QED) is 0.639. The van der Waals surface area contributed by atoms with Crippen LogP contribution in [0.4, 0.5) is 0 Å². The van der Waals surface area contributed by atoms with E-state index in [2.05, 4.69) is 10.6 Å². The minimum absolute atomic E-state index is 0.278. The summed E-state index contributed by atoms with van der Waals surface area (Å²) in [5, 5.41) is 5.54. The molecule has 1 aliphatic rings. The lowest BCUT2D eigenvalue weighted by Gasteiger charge is -2.12. The highest BCUT2D eigenvalue weighted by Crippen LogP contribution is 2.35. The highest BCUT2D eigenvalue weighted by molar-refractivity contribution is 7.80. The predicted molar refractivity (Wildman–Crippen MR) is 78.0 cm³/mol. The molecule has 0 saturated carbocycles. The molecule has 106 valence electrons. The first-order valence-corrected chi connectivity index (χ1v) is 6.14. The molecule has 20 heavy (non-hydrogen) atoms. The Morgan fingerprint density at radius 2 is 1.60 bits per heavy atom. The number of rotatable bonds is 4. The van der Waals surface area contributed by atoms with Crippen molar-refractivity contribution in [3.05, 3.63) is 23.4 Å². The van der Waals surface area contributed by atoms with Gasteiger partial charge in [-0.2, -0.15) is 0 Å². The van der Waals surface area contributed by atoms with Crippen LogP contribution in [0.5, 0.6) is 17.2 Å². The van der Waals surface area contributed by atoms with Crippen molar-refractivity contribution >= 4 is 29.3 Å². The number of amides is 1. The molecule has 0 bridgehead atoms. The molecule has 0 aliphatic carbocycles. The monoisotopic (exact) mass is 294 g/mol. The fourth-order valence-corrected chi connectivity index (χ4v) is 2.01. The number of hydrogen-bond acceptors (Lipinski definition) is 5. The first-order valence-electron chi connectivity index (χ1n) is 5.73. The van der Waals surface area contributed by atoms with Crippen LogP contribution >= 0.6 is 12.2 Å². The number of thiocarbonyl (C=S) groups is 1. The number of carbonyl (C=O) groups excluding carboxylic acids is 1. The molecule has 1 aromatic carbocycles. The molecular formula is C13H14N2O4S. The Labute approximate surface area is 121 Å². The maximum atomic E-state index is 11.6. The molecule has 6 nitrogen and oxygen atoms in total. The number of nitrogens with one attached hydrogen (secondary N) is 2. The van der Waals surface area contributed by atoms with Crippen LogP contribution in [-0.4, -0.2) is 32.3 Å². The van der Waals surface area contributed by atoms with E-state index >= 15 is 0 Å². The smallest absolute Gasteiger partial charge is 0.273 e. The second-order valence-electron chi connectivity index (χ2n) is 3.92. The Balaban J connectivity index is 2.48. The van der Waals surface area contributed by atoms with Gasteiger partial charge in [0.05, 0.1) is 21.3 Å². The molecule has 1 amide bonds. The summed E-state index contributed by atoms with van der Waals surface area (Å²) in [6, 6.07) is 3.41. The van der Waals surface area contributed by atoms with Gasteiger partial charge in [-0.15, -0.1) is 0 Å². The van der Waals surface area contributed by atoms with Crippen molar-refractivity contribution in [1.29, 1.82) is 0 Å². The summed E-state index contributed by atoms with van der Waals surface area (Å²) in [7, 11) is 4.62. The van der Waals surface area contributed by atoms with Gasteiger partial charge in [-0.05, 0) is 24.4 Å². The second-order valence-corrected chi connectivity index (χ2v) is 4.32. The van der Waals surface area contributed by atoms with Crippen molar-refractivity contribution in [3.63, 3.8) is 0 Å². The van der Waals surface area contributed by atoms with E-state index in [9.17, 15) is 4.79 Å². The summed E-state index contributed by atoms with van der Waals surface area (Å²) in [6.07, 6.45) is 1.63. The lowest BCUT2D eigenvalue weighted by atomic mass is 10.1. The number of benzene rings is 1. The lowest BCUT2D eigenvalue weighted by molar-refractivity contribution is -0.115. The molecule has 0 spiro atoms. The van der Waals surface area contributed by atoms with Gasteiger partial charge in [0.1, 0.15) is 11.4 Å².